The lowest BCUT2D eigenvalue weighted by atomic mass is 9.79. The quantitative estimate of drug-likeness (QED) is 0.711. The number of rotatable bonds is 8. The normalized spacial score (nSPS) is 17.8. The third kappa shape index (κ3) is 4.40. The van der Waals surface area contributed by atoms with E-state index in [1.54, 1.807) is 4.90 Å². The highest BCUT2D eigenvalue weighted by Crippen LogP contribution is 2.30. The Morgan fingerprint density at radius 1 is 1.28 bits per heavy atom. The second kappa shape index (κ2) is 8.48. The Balaban J connectivity index is 1.99. The molecule has 0 radical (unpaired) electrons. The van der Waals surface area contributed by atoms with Crippen LogP contribution >= 0.6 is 0 Å². The largest absolute Gasteiger partial charge is 0.396 e. The van der Waals surface area contributed by atoms with Gasteiger partial charge in [0.1, 0.15) is 5.92 Å². The summed E-state index contributed by atoms with van der Waals surface area (Å²) in [5.74, 6) is -0.923. The summed E-state index contributed by atoms with van der Waals surface area (Å²) in [6, 6.07) is 7.80. The molecule has 0 spiro atoms. The lowest BCUT2D eigenvalue weighted by Crippen LogP contribution is -2.42. The first-order valence-corrected chi connectivity index (χ1v) is 9.23. The Labute approximate surface area is 150 Å². The van der Waals surface area contributed by atoms with Gasteiger partial charge in [0.05, 0.1) is 0 Å². The number of nitrogens with one attached hydrogen (secondary N) is 1. The molecule has 1 aromatic rings. The second-order valence-corrected chi connectivity index (χ2v) is 7.07. The van der Waals surface area contributed by atoms with Gasteiger partial charge < -0.3 is 15.3 Å². The van der Waals surface area contributed by atoms with Gasteiger partial charge in [-0.3, -0.25) is 9.59 Å². The molecule has 5 nitrogen and oxygen atoms in total. The van der Waals surface area contributed by atoms with Crippen molar-refractivity contribution in [3.05, 3.63) is 29.8 Å². The first kappa shape index (κ1) is 19.4. The van der Waals surface area contributed by atoms with E-state index in [9.17, 15) is 14.7 Å². The zero-order chi connectivity index (χ0) is 18.4. The summed E-state index contributed by atoms with van der Waals surface area (Å²) in [6.45, 7) is 7.35. The van der Waals surface area contributed by atoms with Crippen molar-refractivity contribution in [3.63, 3.8) is 0 Å². The number of amides is 2. The topological polar surface area (TPSA) is 69.6 Å². The number of aryl methyl sites for hydroxylation is 1. The van der Waals surface area contributed by atoms with Crippen LogP contribution in [0.4, 0.5) is 5.69 Å². The highest BCUT2D eigenvalue weighted by atomic mass is 16.3. The molecule has 1 aromatic carbocycles. The van der Waals surface area contributed by atoms with E-state index in [1.807, 2.05) is 31.2 Å². The summed E-state index contributed by atoms with van der Waals surface area (Å²) < 4.78 is 0. The van der Waals surface area contributed by atoms with Crippen LogP contribution in [-0.4, -0.2) is 36.6 Å². The van der Waals surface area contributed by atoms with Gasteiger partial charge in [0, 0.05) is 25.4 Å². The van der Waals surface area contributed by atoms with E-state index in [2.05, 4.69) is 19.2 Å². The van der Waals surface area contributed by atoms with E-state index in [0.29, 0.717) is 25.9 Å². The Hall–Kier alpha value is -1.88. The van der Waals surface area contributed by atoms with Gasteiger partial charge in [0.2, 0.25) is 11.8 Å². The van der Waals surface area contributed by atoms with Crippen LogP contribution < -0.4 is 10.2 Å². The molecule has 2 amide bonds. The van der Waals surface area contributed by atoms with Gasteiger partial charge in [0.25, 0.3) is 0 Å². The highest BCUT2D eigenvalue weighted by molar-refractivity contribution is 6.09. The zero-order valence-corrected chi connectivity index (χ0v) is 15.5. The maximum Gasteiger partial charge on any atom is 0.239 e. The third-order valence-electron chi connectivity index (χ3n) is 5.65. The van der Waals surface area contributed by atoms with Gasteiger partial charge in [-0.05, 0) is 50.2 Å². The molecule has 2 N–H and O–H groups in total. The predicted molar refractivity (Wildman–Crippen MR) is 99.4 cm³/mol. The van der Waals surface area contributed by atoms with Gasteiger partial charge in [-0.2, -0.15) is 0 Å². The van der Waals surface area contributed by atoms with Crippen molar-refractivity contribution in [1.82, 2.24) is 5.32 Å². The molecule has 1 saturated heterocycles. The molecule has 25 heavy (non-hydrogen) atoms. The molecular formula is C20H30N2O3. The number of benzene rings is 1. The van der Waals surface area contributed by atoms with Crippen molar-refractivity contribution in [1.29, 1.82) is 0 Å². The van der Waals surface area contributed by atoms with Crippen LogP contribution in [0.1, 0.15) is 45.1 Å². The van der Waals surface area contributed by atoms with E-state index in [1.165, 1.54) is 0 Å². The maximum atomic E-state index is 12.6. The standard InChI is InChI=1S/C20H30N2O3/c1-4-20(5-2,11-13-23)14-21-18(24)17-10-12-22(19(17)25)16-8-6-15(3)7-9-16/h6-9,17,23H,4-5,10-14H2,1-3H3,(H,21,24). The Morgan fingerprint density at radius 2 is 1.92 bits per heavy atom. The van der Waals surface area contributed by atoms with E-state index < -0.39 is 5.92 Å². The summed E-state index contributed by atoms with van der Waals surface area (Å²) in [4.78, 5) is 26.9. The van der Waals surface area contributed by atoms with Crippen LogP contribution in [-0.2, 0) is 9.59 Å². The smallest absolute Gasteiger partial charge is 0.239 e. The number of hydrogen-bond acceptors (Lipinski definition) is 3. The molecule has 2 rings (SSSR count). The van der Waals surface area contributed by atoms with Gasteiger partial charge in [-0.25, -0.2) is 0 Å². The number of aliphatic hydroxyl groups excluding tert-OH is 1. The van der Waals surface area contributed by atoms with E-state index >= 15 is 0 Å². The number of hydrogen-bond donors (Lipinski definition) is 2. The van der Waals surface area contributed by atoms with Crippen LogP contribution in [0.3, 0.4) is 0 Å². The fraction of sp³-hybridized carbons (Fsp3) is 0.600. The number of nitrogens with zero attached hydrogens (tertiary/aromatic N) is 1. The number of carbonyl (C=O) groups excluding carboxylic acids is 2. The molecule has 1 fully saturated rings. The fourth-order valence-corrected chi connectivity index (χ4v) is 3.48. The molecular weight excluding hydrogens is 316 g/mol. The molecule has 1 aliphatic rings. The minimum atomic E-state index is -0.609. The van der Waals surface area contributed by atoms with E-state index in [0.717, 1.165) is 24.1 Å². The molecule has 1 aliphatic heterocycles. The molecule has 0 aliphatic carbocycles. The van der Waals surface area contributed by atoms with Crippen molar-refractivity contribution >= 4 is 17.5 Å². The van der Waals surface area contributed by atoms with Crippen molar-refractivity contribution in [2.24, 2.45) is 11.3 Å². The first-order chi connectivity index (χ1) is 12.0. The SMILES string of the molecule is CCC(CC)(CCO)CNC(=O)C1CCN(c2ccc(C)cc2)C1=O. The van der Waals surface area contributed by atoms with Crippen LogP contribution in [0.2, 0.25) is 0 Å². The molecule has 1 unspecified atom stereocenters. The van der Waals surface area contributed by atoms with Gasteiger partial charge >= 0.3 is 0 Å². The van der Waals surface area contributed by atoms with Crippen LogP contribution in [0.25, 0.3) is 0 Å². The van der Waals surface area contributed by atoms with Crippen LogP contribution in [0.15, 0.2) is 24.3 Å². The second-order valence-electron chi connectivity index (χ2n) is 7.07. The van der Waals surface area contributed by atoms with E-state index in [4.69, 9.17) is 0 Å². The van der Waals surface area contributed by atoms with Gasteiger partial charge in [0.15, 0.2) is 0 Å². The summed E-state index contributed by atoms with van der Waals surface area (Å²) in [7, 11) is 0. The Morgan fingerprint density at radius 3 is 2.48 bits per heavy atom. The molecule has 138 valence electrons. The van der Waals surface area contributed by atoms with Gasteiger partial charge in [-0.15, -0.1) is 0 Å². The van der Waals surface area contributed by atoms with Crippen molar-refractivity contribution in [2.45, 2.75) is 46.5 Å². The number of anilines is 1. The average molecular weight is 346 g/mol. The Kier molecular flexibility index (Phi) is 6.59. The predicted octanol–water partition coefficient (Wildman–Crippen LogP) is 2.65. The first-order valence-electron chi connectivity index (χ1n) is 9.23. The van der Waals surface area contributed by atoms with Gasteiger partial charge in [-0.1, -0.05) is 31.5 Å². The molecule has 1 heterocycles. The van der Waals surface area contributed by atoms with Crippen LogP contribution in [0.5, 0.6) is 0 Å². The lowest BCUT2D eigenvalue weighted by Gasteiger charge is -2.31. The van der Waals surface area contributed by atoms with Crippen molar-refractivity contribution in [2.75, 3.05) is 24.6 Å². The van der Waals surface area contributed by atoms with Crippen molar-refractivity contribution < 1.29 is 14.7 Å². The summed E-state index contributed by atoms with van der Waals surface area (Å²) in [5.41, 5.74) is 1.90. The Bertz CT molecular complexity index is 593. The van der Waals surface area contributed by atoms with Crippen molar-refractivity contribution in [3.8, 4) is 0 Å². The lowest BCUT2D eigenvalue weighted by molar-refractivity contribution is -0.132. The van der Waals surface area contributed by atoms with E-state index in [-0.39, 0.29) is 23.8 Å². The third-order valence-corrected chi connectivity index (χ3v) is 5.65. The highest BCUT2D eigenvalue weighted by Gasteiger charge is 2.38. The summed E-state index contributed by atoms with van der Waals surface area (Å²) >= 11 is 0. The maximum absolute atomic E-state index is 12.6. The zero-order valence-electron chi connectivity index (χ0n) is 15.5. The molecule has 1 atom stereocenters. The fourth-order valence-electron chi connectivity index (χ4n) is 3.48. The minimum absolute atomic E-state index is 0.0945. The van der Waals surface area contributed by atoms with Crippen LogP contribution in [0, 0.1) is 18.3 Å². The monoisotopic (exact) mass is 346 g/mol. The summed E-state index contributed by atoms with van der Waals surface area (Å²) in [6.07, 6.45) is 2.98. The number of carbonyl (C=O) groups is 2. The molecule has 5 heteroatoms. The molecule has 0 saturated carbocycles. The summed E-state index contributed by atoms with van der Waals surface area (Å²) in [5, 5.41) is 12.3. The average Bonchev–Trinajstić information content (AvgIpc) is 3.01. The molecule has 0 aromatic heterocycles. The minimum Gasteiger partial charge on any atom is -0.396 e. The number of aliphatic hydroxyl groups is 1. The molecule has 0 bridgehead atoms.